The highest BCUT2D eigenvalue weighted by atomic mass is 35.5. The summed E-state index contributed by atoms with van der Waals surface area (Å²) in [6.45, 7) is 2.38. The first-order chi connectivity index (χ1) is 16.2. The molecule has 11 heteroatoms. The van der Waals surface area contributed by atoms with Gasteiger partial charge >= 0.3 is 0 Å². The summed E-state index contributed by atoms with van der Waals surface area (Å²) in [6.07, 6.45) is 1.46. The van der Waals surface area contributed by atoms with E-state index < -0.39 is 39.8 Å². The highest BCUT2D eigenvalue weighted by molar-refractivity contribution is 6.33. The maximum Gasteiger partial charge on any atom is 0.289 e. The van der Waals surface area contributed by atoms with Crippen LogP contribution in [0.3, 0.4) is 0 Å². The Morgan fingerprint density at radius 3 is 2.59 bits per heavy atom. The molecule has 0 saturated carbocycles. The van der Waals surface area contributed by atoms with Crippen molar-refractivity contribution >= 4 is 58.0 Å². The summed E-state index contributed by atoms with van der Waals surface area (Å²) >= 11 is 12.2. The van der Waals surface area contributed by atoms with Crippen molar-refractivity contribution in [2.24, 2.45) is 11.8 Å². The Labute approximate surface area is 203 Å². The van der Waals surface area contributed by atoms with E-state index in [-0.39, 0.29) is 22.7 Å². The molecule has 0 unspecified atom stereocenters. The van der Waals surface area contributed by atoms with Crippen molar-refractivity contribution in [2.75, 3.05) is 16.8 Å². The van der Waals surface area contributed by atoms with Crippen LogP contribution < -0.4 is 10.2 Å². The summed E-state index contributed by atoms with van der Waals surface area (Å²) in [7, 11) is 0. The number of carbonyl (C=O) groups is 3. The standard InChI is InChI=1S/C23H18Cl2N4O5/c1-10-13(24)7-5-12-19(10)26-22(32)23(12)18-17(15-3-2-8-27(15)23)20(30)28(21(18)31)11-4-6-14(25)16(9-11)29(33)34/h4-7,9,15,17-18H,2-3,8H2,1H3,(H,26,32)/t15-,17-,18+,23-/m1/s1. The number of rotatable bonds is 2. The molecule has 34 heavy (non-hydrogen) atoms. The second-order valence-corrected chi connectivity index (χ2v) is 9.94. The zero-order valence-electron chi connectivity index (χ0n) is 17.9. The Bertz CT molecular complexity index is 1350. The predicted molar refractivity (Wildman–Crippen MR) is 124 cm³/mol. The molecule has 4 aliphatic rings. The number of hydrogen-bond donors (Lipinski definition) is 1. The second-order valence-electron chi connectivity index (χ2n) is 9.13. The van der Waals surface area contributed by atoms with E-state index in [0.29, 0.717) is 34.8 Å². The third kappa shape index (κ3) is 2.41. The van der Waals surface area contributed by atoms with Crippen LogP contribution in [0.25, 0.3) is 0 Å². The van der Waals surface area contributed by atoms with Gasteiger partial charge in [0.1, 0.15) is 10.6 Å². The molecule has 0 radical (unpaired) electrons. The van der Waals surface area contributed by atoms with Gasteiger partial charge in [0.2, 0.25) is 17.7 Å². The second kappa shape index (κ2) is 7.00. The monoisotopic (exact) mass is 500 g/mol. The van der Waals surface area contributed by atoms with Crippen LogP contribution in [0.15, 0.2) is 30.3 Å². The number of fused-ring (bicyclic) bond motifs is 7. The minimum atomic E-state index is -1.34. The molecule has 1 N–H and O–H groups in total. The van der Waals surface area contributed by atoms with Gasteiger partial charge in [0, 0.05) is 22.7 Å². The molecule has 6 rings (SSSR count). The van der Waals surface area contributed by atoms with Gasteiger partial charge in [0.15, 0.2) is 0 Å². The number of halogens is 2. The number of amides is 3. The third-order valence-electron chi connectivity index (χ3n) is 7.75. The molecule has 0 aliphatic carbocycles. The number of nitro benzene ring substituents is 1. The van der Waals surface area contributed by atoms with Crippen LogP contribution in [0.4, 0.5) is 17.1 Å². The molecule has 2 aromatic rings. The van der Waals surface area contributed by atoms with Crippen LogP contribution in [-0.4, -0.2) is 40.1 Å². The fraction of sp³-hybridized carbons (Fsp3) is 0.348. The number of nitrogens with one attached hydrogen (secondary N) is 1. The quantitative estimate of drug-likeness (QED) is 0.382. The zero-order chi connectivity index (χ0) is 24.1. The van der Waals surface area contributed by atoms with Gasteiger partial charge in [-0.15, -0.1) is 0 Å². The molecule has 174 valence electrons. The lowest BCUT2D eigenvalue weighted by atomic mass is 9.75. The molecular weight excluding hydrogens is 483 g/mol. The minimum absolute atomic E-state index is 0.0751. The smallest absolute Gasteiger partial charge is 0.289 e. The van der Waals surface area contributed by atoms with Crippen molar-refractivity contribution in [1.82, 2.24) is 4.90 Å². The maximum absolute atomic E-state index is 13.9. The van der Waals surface area contributed by atoms with Gasteiger partial charge in [-0.25, -0.2) is 4.90 Å². The first kappa shape index (κ1) is 21.5. The van der Waals surface area contributed by atoms with Crippen molar-refractivity contribution in [2.45, 2.75) is 31.3 Å². The van der Waals surface area contributed by atoms with Gasteiger partial charge in [-0.3, -0.25) is 29.4 Å². The van der Waals surface area contributed by atoms with Crippen LogP contribution >= 0.6 is 23.2 Å². The van der Waals surface area contributed by atoms with Crippen LogP contribution in [0.5, 0.6) is 0 Å². The topological polar surface area (TPSA) is 113 Å². The fourth-order valence-corrected chi connectivity index (χ4v) is 6.77. The number of nitrogens with zero attached hydrogens (tertiary/aromatic N) is 3. The van der Waals surface area contributed by atoms with Crippen LogP contribution in [0, 0.1) is 28.9 Å². The summed E-state index contributed by atoms with van der Waals surface area (Å²) in [5, 5.41) is 14.7. The molecule has 2 aromatic carbocycles. The van der Waals surface area contributed by atoms with Crippen molar-refractivity contribution in [3.8, 4) is 0 Å². The van der Waals surface area contributed by atoms with Crippen molar-refractivity contribution in [3.63, 3.8) is 0 Å². The van der Waals surface area contributed by atoms with E-state index in [1.807, 2.05) is 4.90 Å². The molecule has 3 amide bonds. The Kier molecular flexibility index (Phi) is 4.43. The third-order valence-corrected chi connectivity index (χ3v) is 8.48. The summed E-state index contributed by atoms with van der Waals surface area (Å²) in [4.78, 5) is 55.1. The van der Waals surface area contributed by atoms with Gasteiger partial charge in [-0.2, -0.15) is 0 Å². The average Bonchev–Trinajstić information content (AvgIpc) is 3.50. The first-order valence-electron chi connectivity index (χ1n) is 10.9. The lowest BCUT2D eigenvalue weighted by molar-refractivity contribution is -0.384. The van der Waals surface area contributed by atoms with Crippen molar-refractivity contribution < 1.29 is 19.3 Å². The highest BCUT2D eigenvalue weighted by Gasteiger charge is 2.74. The van der Waals surface area contributed by atoms with E-state index in [1.165, 1.54) is 12.1 Å². The molecule has 3 saturated heterocycles. The summed E-state index contributed by atoms with van der Waals surface area (Å²) < 4.78 is 0. The Balaban J connectivity index is 1.54. The van der Waals surface area contributed by atoms with Crippen LogP contribution in [0.1, 0.15) is 24.0 Å². The van der Waals surface area contributed by atoms with Crippen molar-refractivity contribution in [1.29, 1.82) is 0 Å². The first-order valence-corrected chi connectivity index (χ1v) is 11.6. The van der Waals surface area contributed by atoms with E-state index in [1.54, 1.807) is 19.1 Å². The highest BCUT2D eigenvalue weighted by Crippen LogP contribution is 2.61. The molecule has 3 fully saturated rings. The van der Waals surface area contributed by atoms with Gasteiger partial charge in [-0.05, 0) is 50.1 Å². The van der Waals surface area contributed by atoms with Crippen LogP contribution in [0.2, 0.25) is 10.0 Å². The van der Waals surface area contributed by atoms with Gasteiger partial charge in [0.05, 0.1) is 28.1 Å². The zero-order valence-corrected chi connectivity index (χ0v) is 19.4. The summed E-state index contributed by atoms with van der Waals surface area (Å²) in [6, 6.07) is 7.01. The van der Waals surface area contributed by atoms with Crippen molar-refractivity contribution in [3.05, 3.63) is 61.6 Å². The summed E-state index contributed by atoms with van der Waals surface area (Å²) in [5.74, 6) is -3.04. The Morgan fingerprint density at radius 2 is 1.85 bits per heavy atom. The minimum Gasteiger partial charge on any atom is -0.324 e. The van der Waals surface area contributed by atoms with E-state index in [9.17, 15) is 24.5 Å². The maximum atomic E-state index is 13.9. The van der Waals surface area contributed by atoms with Gasteiger partial charge < -0.3 is 5.32 Å². The lowest BCUT2D eigenvalue weighted by Gasteiger charge is -2.36. The molecule has 4 heterocycles. The molecular formula is C23H18Cl2N4O5. The molecule has 0 aromatic heterocycles. The molecule has 1 spiro atoms. The number of imide groups is 1. The normalized spacial score (nSPS) is 29.6. The fourth-order valence-electron chi connectivity index (χ4n) is 6.43. The molecule has 9 nitrogen and oxygen atoms in total. The van der Waals surface area contributed by atoms with Gasteiger partial charge in [-0.1, -0.05) is 29.3 Å². The number of hydrogen-bond acceptors (Lipinski definition) is 6. The number of benzene rings is 2. The van der Waals surface area contributed by atoms with Gasteiger partial charge in [0.25, 0.3) is 5.69 Å². The largest absolute Gasteiger partial charge is 0.324 e. The van der Waals surface area contributed by atoms with E-state index >= 15 is 0 Å². The van der Waals surface area contributed by atoms with E-state index in [2.05, 4.69) is 5.32 Å². The van der Waals surface area contributed by atoms with E-state index in [4.69, 9.17) is 23.2 Å². The number of anilines is 2. The Hall–Kier alpha value is -3.01. The van der Waals surface area contributed by atoms with Crippen LogP contribution in [-0.2, 0) is 19.9 Å². The molecule has 4 aliphatic heterocycles. The Morgan fingerprint density at radius 1 is 1.12 bits per heavy atom. The SMILES string of the molecule is Cc1c(Cl)ccc2c1NC(=O)[C@]21[C@@H]2C(=O)N(c3ccc(Cl)c([N+](=O)[O-])c3)C(=O)[C@@H]2[C@H]2CCCN21. The average molecular weight is 501 g/mol. The number of carbonyl (C=O) groups excluding carboxylic acids is 3. The molecule has 4 atom stereocenters. The van der Waals surface area contributed by atoms with E-state index in [0.717, 1.165) is 17.4 Å². The predicted octanol–water partition coefficient (Wildman–Crippen LogP) is 3.64. The lowest BCUT2D eigenvalue weighted by Crippen LogP contribution is -2.54. The number of nitro groups is 1. The molecule has 0 bridgehead atoms. The summed E-state index contributed by atoms with van der Waals surface area (Å²) in [5.41, 5.74) is 0.254.